The summed E-state index contributed by atoms with van der Waals surface area (Å²) in [6.07, 6.45) is 3.51. The Hall–Kier alpha value is -2.56. The number of benzene rings is 1. The molecule has 1 aromatic heterocycles. The maximum Gasteiger partial charge on any atom is 0.254 e. The Morgan fingerprint density at radius 3 is 2.55 bits per heavy atom. The first kappa shape index (κ1) is 13.9. The van der Waals surface area contributed by atoms with Gasteiger partial charge in [-0.1, -0.05) is 30.3 Å². The Morgan fingerprint density at radius 1 is 1.05 bits per heavy atom. The molecule has 0 aliphatic heterocycles. The molecule has 0 atom stereocenters. The lowest BCUT2D eigenvalue weighted by Gasteiger charge is -2.06. The van der Waals surface area contributed by atoms with Gasteiger partial charge in [-0.25, -0.2) is 0 Å². The maximum absolute atomic E-state index is 11.6. The van der Waals surface area contributed by atoms with E-state index in [1.54, 1.807) is 6.07 Å². The van der Waals surface area contributed by atoms with E-state index in [1.807, 2.05) is 30.3 Å². The average molecular weight is 272 g/mol. The van der Waals surface area contributed by atoms with Crippen molar-refractivity contribution in [1.29, 1.82) is 0 Å². The molecule has 2 rings (SSSR count). The number of hydrogen-bond acceptors (Lipinski definition) is 3. The molecule has 0 aliphatic rings. The molecule has 0 fully saturated rings. The molecule has 0 spiro atoms. The Kier molecular flexibility index (Phi) is 4.94. The van der Waals surface area contributed by atoms with E-state index in [0.29, 0.717) is 12.1 Å². The second-order valence-electron chi connectivity index (χ2n) is 4.28. The zero-order valence-electron chi connectivity index (χ0n) is 11.0. The molecule has 5 nitrogen and oxygen atoms in total. The van der Waals surface area contributed by atoms with Crippen molar-refractivity contribution in [1.82, 2.24) is 10.6 Å². The van der Waals surface area contributed by atoms with Crippen LogP contribution >= 0.6 is 0 Å². The number of carbonyl (C=O) groups excluding carboxylic acids is 2. The van der Waals surface area contributed by atoms with Crippen molar-refractivity contribution >= 4 is 11.8 Å². The highest BCUT2D eigenvalue weighted by atomic mass is 16.3. The molecule has 0 radical (unpaired) electrons. The first-order valence-corrected chi connectivity index (χ1v) is 6.37. The molecule has 2 N–H and O–H groups in total. The van der Waals surface area contributed by atoms with E-state index >= 15 is 0 Å². The van der Waals surface area contributed by atoms with Gasteiger partial charge in [0.05, 0.1) is 18.4 Å². The molecule has 20 heavy (non-hydrogen) atoms. The van der Waals surface area contributed by atoms with Gasteiger partial charge in [-0.3, -0.25) is 9.59 Å². The minimum absolute atomic E-state index is 0.0429. The van der Waals surface area contributed by atoms with Crippen LogP contribution in [0.25, 0.3) is 0 Å². The lowest BCUT2D eigenvalue weighted by atomic mass is 10.1. The summed E-state index contributed by atoms with van der Waals surface area (Å²) >= 11 is 0. The zero-order chi connectivity index (χ0) is 14.2. The fourth-order valence-corrected chi connectivity index (χ4v) is 1.71. The summed E-state index contributed by atoms with van der Waals surface area (Å²) in [5.41, 5.74) is 1.57. The van der Waals surface area contributed by atoms with E-state index in [9.17, 15) is 9.59 Å². The molecule has 2 aromatic rings. The van der Waals surface area contributed by atoms with Crippen LogP contribution in [-0.4, -0.2) is 24.9 Å². The number of hydrogen-bond donors (Lipinski definition) is 2. The third-order valence-corrected chi connectivity index (χ3v) is 2.77. The fraction of sp³-hybridized carbons (Fsp3) is 0.200. The minimum Gasteiger partial charge on any atom is -0.472 e. The SMILES string of the molecule is O=C(CNC(=O)c1ccoc1)NCCc1ccccc1. The highest BCUT2D eigenvalue weighted by Gasteiger charge is 2.08. The van der Waals surface area contributed by atoms with Crippen molar-refractivity contribution in [2.24, 2.45) is 0 Å². The minimum atomic E-state index is -0.322. The van der Waals surface area contributed by atoms with Crippen molar-refractivity contribution < 1.29 is 14.0 Å². The van der Waals surface area contributed by atoms with E-state index < -0.39 is 0 Å². The van der Waals surface area contributed by atoms with Gasteiger partial charge in [0.15, 0.2) is 0 Å². The number of amides is 2. The van der Waals surface area contributed by atoms with Crippen LogP contribution < -0.4 is 10.6 Å². The Morgan fingerprint density at radius 2 is 1.85 bits per heavy atom. The molecule has 2 amide bonds. The monoisotopic (exact) mass is 272 g/mol. The molecule has 0 unspecified atom stereocenters. The first-order valence-electron chi connectivity index (χ1n) is 6.37. The van der Waals surface area contributed by atoms with Crippen LogP contribution in [0.15, 0.2) is 53.3 Å². The second kappa shape index (κ2) is 7.13. The summed E-state index contributed by atoms with van der Waals surface area (Å²) in [6, 6.07) is 11.4. The van der Waals surface area contributed by atoms with E-state index in [0.717, 1.165) is 12.0 Å². The normalized spacial score (nSPS) is 10.0. The van der Waals surface area contributed by atoms with Crippen LogP contribution in [0.3, 0.4) is 0 Å². The van der Waals surface area contributed by atoms with Gasteiger partial charge in [0.2, 0.25) is 5.91 Å². The smallest absolute Gasteiger partial charge is 0.254 e. The van der Waals surface area contributed by atoms with Crippen molar-refractivity contribution in [3.8, 4) is 0 Å². The molecule has 0 saturated carbocycles. The largest absolute Gasteiger partial charge is 0.472 e. The topological polar surface area (TPSA) is 71.3 Å². The van der Waals surface area contributed by atoms with Crippen LogP contribution in [0.2, 0.25) is 0 Å². The molecular formula is C15H16N2O3. The molecule has 1 aromatic carbocycles. The molecule has 0 saturated heterocycles. The van der Waals surface area contributed by atoms with Crippen LogP contribution in [0.1, 0.15) is 15.9 Å². The van der Waals surface area contributed by atoms with Gasteiger partial charge in [0.25, 0.3) is 5.91 Å². The van der Waals surface area contributed by atoms with Crippen molar-refractivity contribution in [3.63, 3.8) is 0 Å². The van der Waals surface area contributed by atoms with Crippen LogP contribution in [0.5, 0.6) is 0 Å². The molecule has 0 bridgehead atoms. The van der Waals surface area contributed by atoms with E-state index in [2.05, 4.69) is 10.6 Å². The number of furan rings is 1. The molecule has 104 valence electrons. The van der Waals surface area contributed by atoms with E-state index in [-0.39, 0.29) is 18.4 Å². The third kappa shape index (κ3) is 4.28. The van der Waals surface area contributed by atoms with Crippen molar-refractivity contribution in [2.45, 2.75) is 6.42 Å². The first-order chi connectivity index (χ1) is 9.75. The van der Waals surface area contributed by atoms with Gasteiger partial charge in [-0.2, -0.15) is 0 Å². The predicted molar refractivity (Wildman–Crippen MR) is 74.2 cm³/mol. The third-order valence-electron chi connectivity index (χ3n) is 2.77. The molecule has 5 heteroatoms. The summed E-state index contributed by atoms with van der Waals surface area (Å²) in [7, 11) is 0. The predicted octanol–water partition coefficient (Wildman–Crippen LogP) is 1.37. The van der Waals surface area contributed by atoms with Gasteiger partial charge >= 0.3 is 0 Å². The van der Waals surface area contributed by atoms with Gasteiger partial charge in [0, 0.05) is 6.54 Å². The van der Waals surface area contributed by atoms with Gasteiger partial charge < -0.3 is 15.1 Å². The second-order valence-corrected chi connectivity index (χ2v) is 4.28. The van der Waals surface area contributed by atoms with Gasteiger partial charge in [0.1, 0.15) is 6.26 Å². The summed E-state index contributed by atoms with van der Waals surface area (Å²) in [5.74, 6) is -0.533. The molecule has 1 heterocycles. The van der Waals surface area contributed by atoms with E-state index in [4.69, 9.17) is 4.42 Å². The number of rotatable bonds is 6. The quantitative estimate of drug-likeness (QED) is 0.834. The summed E-state index contributed by atoms with van der Waals surface area (Å²) in [5, 5.41) is 5.28. The Labute approximate surface area is 117 Å². The average Bonchev–Trinajstić information content (AvgIpc) is 3.00. The lowest BCUT2D eigenvalue weighted by Crippen LogP contribution is -2.37. The maximum atomic E-state index is 11.6. The summed E-state index contributed by atoms with van der Waals surface area (Å²) in [4.78, 5) is 23.1. The summed E-state index contributed by atoms with van der Waals surface area (Å²) < 4.78 is 4.79. The van der Waals surface area contributed by atoms with Crippen molar-refractivity contribution in [3.05, 3.63) is 60.1 Å². The number of nitrogens with one attached hydrogen (secondary N) is 2. The highest BCUT2D eigenvalue weighted by molar-refractivity contribution is 5.96. The summed E-state index contributed by atoms with van der Waals surface area (Å²) in [6.45, 7) is 0.503. The van der Waals surface area contributed by atoms with Crippen molar-refractivity contribution in [2.75, 3.05) is 13.1 Å². The zero-order valence-corrected chi connectivity index (χ0v) is 11.0. The Balaban J connectivity index is 1.65. The fourth-order valence-electron chi connectivity index (χ4n) is 1.71. The Bertz CT molecular complexity index is 550. The molecule has 0 aliphatic carbocycles. The van der Waals surface area contributed by atoms with Crippen LogP contribution in [0, 0.1) is 0 Å². The standard InChI is InChI=1S/C15H16N2O3/c18-14(10-17-15(19)13-7-9-20-11-13)16-8-6-12-4-2-1-3-5-12/h1-5,7,9,11H,6,8,10H2,(H,16,18)(H,17,19). The lowest BCUT2D eigenvalue weighted by molar-refractivity contribution is -0.120. The van der Waals surface area contributed by atoms with E-state index in [1.165, 1.54) is 12.5 Å². The van der Waals surface area contributed by atoms with Crippen LogP contribution in [-0.2, 0) is 11.2 Å². The number of carbonyl (C=O) groups is 2. The highest BCUT2D eigenvalue weighted by Crippen LogP contribution is 1.99. The van der Waals surface area contributed by atoms with Crippen LogP contribution in [0.4, 0.5) is 0 Å². The van der Waals surface area contributed by atoms with Gasteiger partial charge in [-0.15, -0.1) is 0 Å². The van der Waals surface area contributed by atoms with Gasteiger partial charge in [-0.05, 0) is 18.1 Å². The molecular weight excluding hydrogens is 256 g/mol.